The molecule has 0 amide bonds. The molecule has 1 heterocycles. The SMILES string of the molecule is CC.Cc1cc(N=CN)ncc1F. The first-order valence-corrected chi connectivity index (χ1v) is 4.10. The van der Waals surface area contributed by atoms with Crippen LogP contribution in [0.4, 0.5) is 10.2 Å². The van der Waals surface area contributed by atoms with E-state index >= 15 is 0 Å². The van der Waals surface area contributed by atoms with Crippen LogP contribution in [0.3, 0.4) is 0 Å². The van der Waals surface area contributed by atoms with Gasteiger partial charge in [0.05, 0.1) is 12.5 Å². The third-order valence-corrected chi connectivity index (χ3v) is 1.24. The fraction of sp³-hybridized carbons (Fsp3) is 0.333. The van der Waals surface area contributed by atoms with Gasteiger partial charge < -0.3 is 5.73 Å². The predicted octanol–water partition coefficient (Wildman–Crippen LogP) is 2.17. The van der Waals surface area contributed by atoms with E-state index in [9.17, 15) is 4.39 Å². The first kappa shape index (κ1) is 11.6. The molecule has 2 N–H and O–H groups in total. The molecule has 0 aromatic carbocycles. The Morgan fingerprint density at radius 3 is 2.62 bits per heavy atom. The average molecular weight is 183 g/mol. The zero-order chi connectivity index (χ0) is 10.3. The smallest absolute Gasteiger partial charge is 0.153 e. The molecule has 1 rings (SSSR count). The van der Waals surface area contributed by atoms with Crippen LogP contribution >= 0.6 is 0 Å². The fourth-order valence-electron chi connectivity index (χ4n) is 0.671. The minimum atomic E-state index is -0.332. The molecule has 0 saturated carbocycles. The standard InChI is InChI=1S/C7H8FN3.C2H6/c1-5-2-7(11-4-9)10-3-6(5)8;1-2/h2-4H,1H3,(H2,9,10,11);1-2H3. The number of nitrogens with two attached hydrogens (primary N) is 1. The summed E-state index contributed by atoms with van der Waals surface area (Å²) in [5.41, 5.74) is 5.54. The van der Waals surface area contributed by atoms with Crippen LogP contribution in [0.1, 0.15) is 19.4 Å². The van der Waals surface area contributed by atoms with Crippen molar-refractivity contribution in [3.8, 4) is 0 Å². The number of rotatable bonds is 1. The van der Waals surface area contributed by atoms with E-state index in [4.69, 9.17) is 5.73 Å². The molecular weight excluding hydrogens is 169 g/mol. The highest BCUT2D eigenvalue weighted by atomic mass is 19.1. The first-order valence-electron chi connectivity index (χ1n) is 4.10. The molecule has 0 atom stereocenters. The summed E-state index contributed by atoms with van der Waals surface area (Å²) < 4.78 is 12.6. The molecule has 0 aliphatic carbocycles. The van der Waals surface area contributed by atoms with Gasteiger partial charge in [0.15, 0.2) is 5.82 Å². The van der Waals surface area contributed by atoms with Gasteiger partial charge in [0.25, 0.3) is 0 Å². The summed E-state index contributed by atoms with van der Waals surface area (Å²) in [6.07, 6.45) is 2.25. The Morgan fingerprint density at radius 1 is 1.54 bits per heavy atom. The monoisotopic (exact) mass is 183 g/mol. The van der Waals surface area contributed by atoms with E-state index in [1.165, 1.54) is 6.07 Å². The molecule has 0 fully saturated rings. The molecule has 0 radical (unpaired) electrons. The Hall–Kier alpha value is -1.45. The maximum absolute atomic E-state index is 12.6. The third kappa shape index (κ3) is 3.64. The quantitative estimate of drug-likeness (QED) is 0.536. The van der Waals surface area contributed by atoms with Crippen molar-refractivity contribution < 1.29 is 4.39 Å². The van der Waals surface area contributed by atoms with Crippen molar-refractivity contribution in [3.05, 3.63) is 23.6 Å². The zero-order valence-electron chi connectivity index (χ0n) is 8.08. The van der Waals surface area contributed by atoms with Gasteiger partial charge >= 0.3 is 0 Å². The fourth-order valence-corrected chi connectivity index (χ4v) is 0.671. The van der Waals surface area contributed by atoms with Crippen molar-refractivity contribution in [3.63, 3.8) is 0 Å². The largest absolute Gasteiger partial charge is 0.390 e. The van der Waals surface area contributed by atoms with Gasteiger partial charge in [-0.2, -0.15) is 0 Å². The molecule has 13 heavy (non-hydrogen) atoms. The Balaban J connectivity index is 0.000000671. The van der Waals surface area contributed by atoms with Crippen molar-refractivity contribution in [1.29, 1.82) is 0 Å². The van der Waals surface area contributed by atoms with Crippen molar-refractivity contribution in [2.75, 3.05) is 0 Å². The Kier molecular flexibility index (Phi) is 5.43. The Bertz CT molecular complexity index is 284. The number of halogens is 1. The highest BCUT2D eigenvalue weighted by molar-refractivity contribution is 5.57. The van der Waals surface area contributed by atoms with Crippen LogP contribution in [-0.2, 0) is 0 Å². The number of aliphatic imine (C=N–C) groups is 1. The Morgan fingerprint density at radius 2 is 2.15 bits per heavy atom. The van der Waals surface area contributed by atoms with E-state index < -0.39 is 0 Å². The molecule has 0 aliphatic rings. The second-order valence-corrected chi connectivity index (χ2v) is 2.07. The van der Waals surface area contributed by atoms with Crippen LogP contribution in [0.25, 0.3) is 0 Å². The van der Waals surface area contributed by atoms with Gasteiger partial charge in [-0.05, 0) is 18.6 Å². The minimum Gasteiger partial charge on any atom is -0.390 e. The number of aromatic nitrogens is 1. The number of aryl methyl sites for hydroxylation is 1. The van der Waals surface area contributed by atoms with Crippen molar-refractivity contribution >= 4 is 12.2 Å². The summed E-state index contributed by atoms with van der Waals surface area (Å²) in [5, 5.41) is 0. The van der Waals surface area contributed by atoms with Crippen LogP contribution in [-0.4, -0.2) is 11.3 Å². The maximum atomic E-state index is 12.6. The topological polar surface area (TPSA) is 51.3 Å². The van der Waals surface area contributed by atoms with Gasteiger partial charge in [-0.25, -0.2) is 14.4 Å². The lowest BCUT2D eigenvalue weighted by molar-refractivity contribution is 0.612. The molecule has 0 aliphatic heterocycles. The van der Waals surface area contributed by atoms with Crippen LogP contribution in [0.15, 0.2) is 17.3 Å². The van der Waals surface area contributed by atoms with E-state index in [0.29, 0.717) is 11.4 Å². The summed E-state index contributed by atoms with van der Waals surface area (Å²) in [5.74, 6) is 0.0902. The lowest BCUT2D eigenvalue weighted by Crippen LogP contribution is -1.89. The highest BCUT2D eigenvalue weighted by Crippen LogP contribution is 2.11. The molecule has 4 heteroatoms. The summed E-state index contributed by atoms with van der Waals surface area (Å²) in [6.45, 7) is 5.65. The lowest BCUT2D eigenvalue weighted by atomic mass is 10.3. The lowest BCUT2D eigenvalue weighted by Gasteiger charge is -1.95. The van der Waals surface area contributed by atoms with Gasteiger partial charge in [-0.15, -0.1) is 0 Å². The van der Waals surface area contributed by atoms with E-state index in [0.717, 1.165) is 12.5 Å². The van der Waals surface area contributed by atoms with E-state index in [-0.39, 0.29) is 5.82 Å². The molecule has 1 aromatic rings. The van der Waals surface area contributed by atoms with Gasteiger partial charge in [0.1, 0.15) is 5.82 Å². The maximum Gasteiger partial charge on any atom is 0.153 e. The van der Waals surface area contributed by atoms with Gasteiger partial charge in [0, 0.05) is 0 Å². The predicted molar refractivity (Wildman–Crippen MR) is 52.6 cm³/mol. The summed E-state index contributed by atoms with van der Waals surface area (Å²) in [4.78, 5) is 7.36. The third-order valence-electron chi connectivity index (χ3n) is 1.24. The number of pyridine rings is 1. The summed E-state index contributed by atoms with van der Waals surface area (Å²) in [7, 11) is 0. The second-order valence-electron chi connectivity index (χ2n) is 2.07. The van der Waals surface area contributed by atoms with Crippen molar-refractivity contribution in [2.24, 2.45) is 10.7 Å². The average Bonchev–Trinajstić information content (AvgIpc) is 2.15. The highest BCUT2D eigenvalue weighted by Gasteiger charge is 1.97. The molecule has 0 spiro atoms. The first-order chi connectivity index (χ1) is 6.24. The van der Waals surface area contributed by atoms with Gasteiger partial charge in [-0.3, -0.25) is 0 Å². The van der Waals surface area contributed by atoms with Crippen LogP contribution in [0.5, 0.6) is 0 Å². The second kappa shape index (κ2) is 6.11. The van der Waals surface area contributed by atoms with Crippen LogP contribution in [0.2, 0.25) is 0 Å². The molecule has 0 unspecified atom stereocenters. The molecule has 3 nitrogen and oxygen atoms in total. The normalized spacial score (nSPS) is 9.54. The summed E-state index contributed by atoms with van der Waals surface area (Å²) >= 11 is 0. The van der Waals surface area contributed by atoms with E-state index in [1.54, 1.807) is 6.92 Å². The minimum absolute atomic E-state index is 0.332. The summed E-state index contributed by atoms with van der Waals surface area (Å²) in [6, 6.07) is 1.53. The molecule has 0 saturated heterocycles. The Labute approximate surface area is 77.5 Å². The number of nitrogens with zero attached hydrogens (tertiary/aromatic N) is 2. The number of hydrogen-bond acceptors (Lipinski definition) is 2. The molecule has 0 bridgehead atoms. The van der Waals surface area contributed by atoms with Crippen LogP contribution in [0, 0.1) is 12.7 Å². The molecule has 1 aromatic heterocycles. The molecule has 72 valence electrons. The van der Waals surface area contributed by atoms with Crippen molar-refractivity contribution in [1.82, 2.24) is 4.98 Å². The van der Waals surface area contributed by atoms with E-state index in [1.807, 2.05) is 13.8 Å². The van der Waals surface area contributed by atoms with E-state index in [2.05, 4.69) is 9.98 Å². The number of hydrogen-bond donors (Lipinski definition) is 1. The zero-order valence-corrected chi connectivity index (χ0v) is 8.08. The van der Waals surface area contributed by atoms with Gasteiger partial charge in [-0.1, -0.05) is 13.8 Å². The van der Waals surface area contributed by atoms with Gasteiger partial charge in [0.2, 0.25) is 0 Å². The molecular formula is C9H14FN3. The van der Waals surface area contributed by atoms with Crippen molar-refractivity contribution in [2.45, 2.75) is 20.8 Å². The van der Waals surface area contributed by atoms with Crippen LogP contribution < -0.4 is 5.73 Å².